The number of hydrogen-bond acceptors (Lipinski definition) is 5. The number of aromatic carboxylic acids is 1. The van der Waals surface area contributed by atoms with Crippen LogP contribution in [0.2, 0.25) is 0 Å². The van der Waals surface area contributed by atoms with Crippen LogP contribution >= 0.6 is 0 Å². The van der Waals surface area contributed by atoms with E-state index in [1.165, 1.54) is 13.2 Å². The molecule has 19 heavy (non-hydrogen) atoms. The van der Waals surface area contributed by atoms with Gasteiger partial charge >= 0.3 is 5.97 Å². The van der Waals surface area contributed by atoms with E-state index in [0.717, 1.165) is 5.56 Å². The summed E-state index contributed by atoms with van der Waals surface area (Å²) in [5, 5.41) is 12.6. The average molecular weight is 263 g/mol. The number of carboxylic acid groups (broad SMARTS) is 1. The number of benzene rings is 1. The minimum absolute atomic E-state index is 0.218. The Morgan fingerprint density at radius 1 is 1.42 bits per heavy atom. The summed E-state index contributed by atoms with van der Waals surface area (Å²) in [5.74, 6) is -0.800. The molecule has 0 fully saturated rings. The van der Waals surface area contributed by atoms with Gasteiger partial charge in [0.25, 0.3) is 0 Å². The second kappa shape index (κ2) is 5.53. The van der Waals surface area contributed by atoms with Gasteiger partial charge in [0.2, 0.25) is 5.76 Å². The minimum Gasteiger partial charge on any atom is -0.496 e. The molecule has 100 valence electrons. The van der Waals surface area contributed by atoms with E-state index in [4.69, 9.17) is 19.1 Å². The first-order chi connectivity index (χ1) is 9.17. The fraction of sp³-hybridized carbons (Fsp3) is 0.231. The molecular weight excluding hydrogens is 250 g/mol. The molecule has 1 heterocycles. The summed E-state index contributed by atoms with van der Waals surface area (Å²) in [6.45, 7) is 0.363. The Hall–Kier alpha value is -2.34. The maximum absolute atomic E-state index is 10.8. The fourth-order valence-corrected chi connectivity index (χ4v) is 1.81. The number of carbonyl (C=O) groups is 1. The van der Waals surface area contributed by atoms with Gasteiger partial charge in [0.05, 0.1) is 19.3 Å². The Bertz CT molecular complexity index is 590. The summed E-state index contributed by atoms with van der Waals surface area (Å²) in [4.78, 5) is 10.8. The number of nitrogens with zero attached hydrogens (tertiary/aromatic N) is 1. The summed E-state index contributed by atoms with van der Waals surface area (Å²) in [6.07, 6.45) is 0. The Morgan fingerprint density at radius 2 is 2.21 bits per heavy atom. The van der Waals surface area contributed by atoms with Crippen molar-refractivity contribution in [1.82, 2.24) is 5.16 Å². The van der Waals surface area contributed by atoms with E-state index in [0.29, 0.717) is 23.6 Å². The van der Waals surface area contributed by atoms with Crippen molar-refractivity contribution >= 4 is 5.97 Å². The first-order valence-electron chi connectivity index (χ1n) is 5.52. The van der Waals surface area contributed by atoms with Gasteiger partial charge in [-0.15, -0.1) is 0 Å². The van der Waals surface area contributed by atoms with Gasteiger partial charge in [-0.25, -0.2) is 4.79 Å². The minimum atomic E-state index is -1.16. The molecule has 0 bridgehead atoms. The third kappa shape index (κ3) is 2.58. The van der Waals surface area contributed by atoms with E-state index in [1.807, 2.05) is 12.1 Å². The predicted molar refractivity (Wildman–Crippen MR) is 66.2 cm³/mol. The Morgan fingerprint density at radius 3 is 2.79 bits per heavy atom. The van der Waals surface area contributed by atoms with Crippen LogP contribution in [0.4, 0.5) is 0 Å². The van der Waals surface area contributed by atoms with Gasteiger partial charge in [-0.1, -0.05) is 17.3 Å². The zero-order valence-electron chi connectivity index (χ0n) is 10.5. The number of aromatic nitrogens is 1. The average Bonchev–Trinajstić information content (AvgIpc) is 2.88. The maximum Gasteiger partial charge on any atom is 0.374 e. The first kappa shape index (κ1) is 13.1. The van der Waals surface area contributed by atoms with Crippen LogP contribution in [0.25, 0.3) is 11.3 Å². The molecule has 1 aromatic heterocycles. The highest BCUT2D eigenvalue weighted by molar-refractivity contribution is 5.86. The fourth-order valence-electron chi connectivity index (χ4n) is 1.81. The smallest absolute Gasteiger partial charge is 0.374 e. The van der Waals surface area contributed by atoms with Crippen LogP contribution in [0.1, 0.15) is 16.1 Å². The van der Waals surface area contributed by atoms with Gasteiger partial charge in [-0.3, -0.25) is 0 Å². The zero-order chi connectivity index (χ0) is 13.8. The van der Waals surface area contributed by atoms with Crippen molar-refractivity contribution in [3.63, 3.8) is 0 Å². The highest BCUT2D eigenvalue weighted by atomic mass is 16.5. The van der Waals surface area contributed by atoms with Gasteiger partial charge in [0.15, 0.2) is 0 Å². The highest BCUT2D eigenvalue weighted by Crippen LogP contribution is 2.33. The molecule has 0 radical (unpaired) electrons. The second-order valence-electron chi connectivity index (χ2n) is 3.81. The van der Waals surface area contributed by atoms with Crippen molar-refractivity contribution in [2.45, 2.75) is 6.61 Å². The monoisotopic (exact) mass is 263 g/mol. The Kier molecular flexibility index (Phi) is 3.82. The molecule has 1 N–H and O–H groups in total. The van der Waals surface area contributed by atoms with Gasteiger partial charge < -0.3 is 19.1 Å². The number of ether oxygens (including phenoxy) is 2. The standard InChI is InChI=1S/C13H13NO5/c1-17-7-8-4-3-5-10(18-2)12(8)9-6-11(13(15)16)19-14-9/h3-6H,7H2,1-2H3,(H,15,16). The second-order valence-corrected chi connectivity index (χ2v) is 3.81. The highest BCUT2D eigenvalue weighted by Gasteiger charge is 2.18. The quantitative estimate of drug-likeness (QED) is 0.890. The molecule has 0 amide bonds. The summed E-state index contributed by atoms with van der Waals surface area (Å²) >= 11 is 0. The molecular formula is C13H13NO5. The van der Waals surface area contributed by atoms with Crippen LogP contribution in [-0.4, -0.2) is 30.5 Å². The van der Waals surface area contributed by atoms with E-state index in [2.05, 4.69) is 5.16 Å². The largest absolute Gasteiger partial charge is 0.496 e. The Labute approximate surface area is 109 Å². The summed E-state index contributed by atoms with van der Waals surface area (Å²) < 4.78 is 15.2. The third-order valence-corrected chi connectivity index (χ3v) is 2.61. The lowest BCUT2D eigenvalue weighted by Crippen LogP contribution is -1.96. The summed E-state index contributed by atoms with van der Waals surface area (Å²) in [5.41, 5.74) is 1.91. The molecule has 0 aliphatic rings. The topological polar surface area (TPSA) is 81.8 Å². The van der Waals surface area contributed by atoms with Crippen LogP contribution in [-0.2, 0) is 11.3 Å². The molecule has 0 aliphatic carbocycles. The molecule has 0 saturated heterocycles. The summed E-state index contributed by atoms with van der Waals surface area (Å²) in [6, 6.07) is 6.81. The van der Waals surface area contributed by atoms with E-state index in [9.17, 15) is 4.79 Å². The van der Waals surface area contributed by atoms with Crippen LogP contribution in [0, 0.1) is 0 Å². The predicted octanol–water partition coefficient (Wildman–Crippen LogP) is 2.19. The van der Waals surface area contributed by atoms with Crippen molar-refractivity contribution in [3.8, 4) is 17.0 Å². The molecule has 0 unspecified atom stereocenters. The SMILES string of the molecule is COCc1cccc(OC)c1-c1cc(C(=O)O)on1. The molecule has 2 aromatic rings. The van der Waals surface area contributed by atoms with Crippen LogP contribution in [0.5, 0.6) is 5.75 Å². The number of carboxylic acids is 1. The number of hydrogen-bond donors (Lipinski definition) is 1. The molecule has 6 nitrogen and oxygen atoms in total. The van der Waals surface area contributed by atoms with E-state index >= 15 is 0 Å². The molecule has 0 aliphatic heterocycles. The molecule has 2 rings (SSSR count). The van der Waals surface area contributed by atoms with Crippen molar-refractivity contribution < 1.29 is 23.9 Å². The zero-order valence-corrected chi connectivity index (χ0v) is 10.5. The van der Waals surface area contributed by atoms with E-state index in [-0.39, 0.29) is 5.76 Å². The lowest BCUT2D eigenvalue weighted by Gasteiger charge is -2.10. The normalized spacial score (nSPS) is 10.4. The van der Waals surface area contributed by atoms with Crippen LogP contribution in [0.15, 0.2) is 28.8 Å². The van der Waals surface area contributed by atoms with Gasteiger partial charge in [0, 0.05) is 13.2 Å². The Balaban J connectivity index is 2.54. The van der Waals surface area contributed by atoms with E-state index < -0.39 is 5.97 Å². The lowest BCUT2D eigenvalue weighted by molar-refractivity contribution is 0.0652. The van der Waals surface area contributed by atoms with Crippen molar-refractivity contribution in [1.29, 1.82) is 0 Å². The molecule has 6 heteroatoms. The lowest BCUT2D eigenvalue weighted by atomic mass is 10.0. The van der Waals surface area contributed by atoms with Gasteiger partial charge in [-0.2, -0.15) is 0 Å². The molecule has 1 aromatic carbocycles. The van der Waals surface area contributed by atoms with Gasteiger partial charge in [-0.05, 0) is 11.6 Å². The van der Waals surface area contributed by atoms with Crippen LogP contribution < -0.4 is 4.74 Å². The molecule has 0 atom stereocenters. The van der Waals surface area contributed by atoms with Crippen molar-refractivity contribution in [2.75, 3.05) is 14.2 Å². The number of methoxy groups -OCH3 is 2. The first-order valence-corrected chi connectivity index (χ1v) is 5.52. The van der Waals surface area contributed by atoms with Crippen molar-refractivity contribution in [2.24, 2.45) is 0 Å². The molecule has 0 saturated carbocycles. The van der Waals surface area contributed by atoms with E-state index in [1.54, 1.807) is 13.2 Å². The maximum atomic E-state index is 10.8. The number of rotatable bonds is 5. The van der Waals surface area contributed by atoms with Crippen LogP contribution in [0.3, 0.4) is 0 Å². The van der Waals surface area contributed by atoms with Crippen molar-refractivity contribution in [3.05, 3.63) is 35.6 Å². The third-order valence-electron chi connectivity index (χ3n) is 2.61. The molecule has 0 spiro atoms. The summed E-state index contributed by atoms with van der Waals surface area (Å²) in [7, 11) is 3.11. The van der Waals surface area contributed by atoms with Gasteiger partial charge in [0.1, 0.15) is 11.4 Å².